The van der Waals surface area contributed by atoms with Crippen LogP contribution in [0, 0.1) is 0 Å². The van der Waals surface area contributed by atoms with E-state index in [0.717, 1.165) is 5.75 Å². The standard InChI is InChI=1S/C22H18OS/c1-22(2)18-10-13(23-3)8-9-14(18)16-12-21-17(11-19(16)22)15-6-4-5-7-20(15)24-21/h4-12H,1-3H3. The number of benzene rings is 3. The maximum absolute atomic E-state index is 5.45. The van der Waals surface area contributed by atoms with E-state index in [9.17, 15) is 0 Å². The molecule has 0 N–H and O–H groups in total. The van der Waals surface area contributed by atoms with E-state index < -0.39 is 0 Å². The molecule has 0 atom stereocenters. The monoisotopic (exact) mass is 330 g/mol. The average Bonchev–Trinajstić information content (AvgIpc) is 3.06. The maximum Gasteiger partial charge on any atom is 0.119 e. The SMILES string of the molecule is COc1ccc2c(c1)C(C)(C)c1cc3c(cc1-2)sc1ccccc13. The predicted molar refractivity (Wildman–Crippen MR) is 103 cm³/mol. The van der Waals surface area contributed by atoms with E-state index in [2.05, 4.69) is 68.4 Å². The molecule has 2 heteroatoms. The molecular formula is C22H18OS. The van der Waals surface area contributed by atoms with Gasteiger partial charge in [0, 0.05) is 25.6 Å². The van der Waals surface area contributed by atoms with Crippen LogP contribution in [0.1, 0.15) is 25.0 Å². The third-order valence-corrected chi connectivity index (χ3v) is 6.51. The molecule has 1 aromatic heterocycles. The van der Waals surface area contributed by atoms with Gasteiger partial charge in [-0.2, -0.15) is 0 Å². The zero-order valence-corrected chi connectivity index (χ0v) is 14.8. The molecule has 4 aromatic rings. The molecule has 0 saturated carbocycles. The fraction of sp³-hybridized carbons (Fsp3) is 0.182. The second-order valence-corrected chi connectivity index (χ2v) is 8.11. The van der Waals surface area contributed by atoms with Crippen LogP contribution in [0.3, 0.4) is 0 Å². The summed E-state index contributed by atoms with van der Waals surface area (Å²) in [4.78, 5) is 0. The molecule has 24 heavy (non-hydrogen) atoms. The van der Waals surface area contributed by atoms with Gasteiger partial charge >= 0.3 is 0 Å². The first-order valence-electron chi connectivity index (χ1n) is 8.24. The number of hydrogen-bond acceptors (Lipinski definition) is 2. The Kier molecular flexibility index (Phi) is 2.70. The zero-order valence-electron chi connectivity index (χ0n) is 14.0. The number of hydrogen-bond donors (Lipinski definition) is 0. The van der Waals surface area contributed by atoms with Crippen molar-refractivity contribution >= 4 is 31.5 Å². The summed E-state index contributed by atoms with van der Waals surface area (Å²) in [7, 11) is 1.74. The molecule has 1 aliphatic rings. The van der Waals surface area contributed by atoms with Gasteiger partial charge in [0.05, 0.1) is 7.11 Å². The van der Waals surface area contributed by atoms with Gasteiger partial charge in [-0.25, -0.2) is 0 Å². The first kappa shape index (κ1) is 14.1. The Hall–Kier alpha value is -2.32. The summed E-state index contributed by atoms with van der Waals surface area (Å²) < 4.78 is 8.19. The van der Waals surface area contributed by atoms with E-state index in [4.69, 9.17) is 4.74 Å². The number of thiophene rings is 1. The van der Waals surface area contributed by atoms with Crippen LogP contribution >= 0.6 is 11.3 Å². The molecule has 0 radical (unpaired) electrons. The largest absolute Gasteiger partial charge is 0.497 e. The third kappa shape index (κ3) is 1.69. The van der Waals surface area contributed by atoms with Gasteiger partial charge in [-0.05, 0) is 52.6 Å². The Balaban J connectivity index is 1.87. The predicted octanol–water partition coefficient (Wildman–Crippen LogP) is 6.37. The summed E-state index contributed by atoms with van der Waals surface area (Å²) >= 11 is 1.89. The Labute approximate surface area is 145 Å². The molecule has 0 amide bonds. The van der Waals surface area contributed by atoms with Gasteiger partial charge in [0.25, 0.3) is 0 Å². The number of fused-ring (bicyclic) bond motifs is 6. The molecule has 0 aliphatic heterocycles. The molecule has 0 bridgehead atoms. The van der Waals surface area contributed by atoms with Gasteiger partial charge in [-0.3, -0.25) is 0 Å². The zero-order chi connectivity index (χ0) is 16.5. The molecule has 0 spiro atoms. The highest BCUT2D eigenvalue weighted by atomic mass is 32.1. The molecule has 3 aromatic carbocycles. The van der Waals surface area contributed by atoms with Crippen LogP contribution in [-0.4, -0.2) is 7.11 Å². The summed E-state index contributed by atoms with van der Waals surface area (Å²) in [5.74, 6) is 0.932. The first-order valence-corrected chi connectivity index (χ1v) is 9.06. The van der Waals surface area contributed by atoms with E-state index >= 15 is 0 Å². The van der Waals surface area contributed by atoms with Crippen LogP contribution in [0.15, 0.2) is 54.6 Å². The molecule has 0 unspecified atom stereocenters. The van der Waals surface area contributed by atoms with E-state index in [1.807, 2.05) is 11.3 Å². The van der Waals surface area contributed by atoms with Crippen LogP contribution in [0.25, 0.3) is 31.3 Å². The van der Waals surface area contributed by atoms with Crippen molar-refractivity contribution < 1.29 is 4.74 Å². The van der Waals surface area contributed by atoms with Gasteiger partial charge in [0.1, 0.15) is 5.75 Å². The van der Waals surface area contributed by atoms with E-state index in [1.165, 1.54) is 42.4 Å². The fourth-order valence-corrected chi connectivity index (χ4v) is 5.19. The second kappa shape index (κ2) is 4.61. The van der Waals surface area contributed by atoms with Gasteiger partial charge in [-0.15, -0.1) is 11.3 Å². The first-order chi connectivity index (χ1) is 11.6. The lowest BCUT2D eigenvalue weighted by atomic mass is 9.82. The number of ether oxygens (including phenoxy) is 1. The maximum atomic E-state index is 5.45. The third-order valence-electron chi connectivity index (χ3n) is 5.38. The Morgan fingerprint density at radius 1 is 0.792 bits per heavy atom. The number of methoxy groups -OCH3 is 1. The van der Waals surface area contributed by atoms with E-state index in [0.29, 0.717) is 0 Å². The number of rotatable bonds is 1. The minimum Gasteiger partial charge on any atom is -0.497 e. The van der Waals surface area contributed by atoms with Crippen molar-refractivity contribution in [2.75, 3.05) is 7.11 Å². The quantitative estimate of drug-likeness (QED) is 0.394. The van der Waals surface area contributed by atoms with Crippen molar-refractivity contribution in [2.45, 2.75) is 19.3 Å². The summed E-state index contributed by atoms with van der Waals surface area (Å²) in [5.41, 5.74) is 5.49. The molecule has 0 fully saturated rings. The molecule has 0 saturated heterocycles. The van der Waals surface area contributed by atoms with Gasteiger partial charge in [0.2, 0.25) is 0 Å². The Morgan fingerprint density at radius 2 is 1.58 bits per heavy atom. The lowest BCUT2D eigenvalue weighted by Crippen LogP contribution is -2.14. The van der Waals surface area contributed by atoms with Crippen molar-refractivity contribution in [2.24, 2.45) is 0 Å². The van der Waals surface area contributed by atoms with Crippen molar-refractivity contribution in [1.82, 2.24) is 0 Å². The second-order valence-electron chi connectivity index (χ2n) is 7.03. The highest BCUT2D eigenvalue weighted by Gasteiger charge is 2.36. The fourth-order valence-electron chi connectivity index (χ4n) is 4.06. The lowest BCUT2D eigenvalue weighted by Gasteiger charge is -2.22. The molecule has 118 valence electrons. The average molecular weight is 330 g/mol. The summed E-state index contributed by atoms with van der Waals surface area (Å²) in [6.07, 6.45) is 0. The normalized spacial score (nSPS) is 14.8. The van der Waals surface area contributed by atoms with Gasteiger partial charge in [-0.1, -0.05) is 38.1 Å². The van der Waals surface area contributed by atoms with Crippen molar-refractivity contribution in [3.8, 4) is 16.9 Å². The van der Waals surface area contributed by atoms with E-state index in [-0.39, 0.29) is 5.41 Å². The molecular weight excluding hydrogens is 312 g/mol. The minimum atomic E-state index is -0.00353. The van der Waals surface area contributed by atoms with Crippen LogP contribution in [0.5, 0.6) is 5.75 Å². The minimum absolute atomic E-state index is 0.00353. The topological polar surface area (TPSA) is 9.23 Å². The van der Waals surface area contributed by atoms with Crippen LogP contribution in [-0.2, 0) is 5.41 Å². The van der Waals surface area contributed by atoms with Crippen molar-refractivity contribution in [3.63, 3.8) is 0 Å². The van der Waals surface area contributed by atoms with E-state index in [1.54, 1.807) is 7.11 Å². The smallest absolute Gasteiger partial charge is 0.119 e. The molecule has 1 aliphatic carbocycles. The van der Waals surface area contributed by atoms with Crippen LogP contribution in [0.4, 0.5) is 0 Å². The van der Waals surface area contributed by atoms with Crippen molar-refractivity contribution in [1.29, 1.82) is 0 Å². The Bertz CT molecular complexity index is 1120. The highest BCUT2D eigenvalue weighted by molar-refractivity contribution is 7.25. The van der Waals surface area contributed by atoms with Gasteiger partial charge in [0.15, 0.2) is 0 Å². The molecule has 1 heterocycles. The molecule has 5 rings (SSSR count). The summed E-state index contributed by atoms with van der Waals surface area (Å²) in [6, 6.07) is 20.0. The highest BCUT2D eigenvalue weighted by Crippen LogP contribution is 2.52. The molecule has 1 nitrogen and oxygen atoms in total. The van der Waals surface area contributed by atoms with Crippen LogP contribution in [0.2, 0.25) is 0 Å². The Morgan fingerprint density at radius 3 is 2.42 bits per heavy atom. The summed E-state index contributed by atoms with van der Waals surface area (Å²) in [5, 5.41) is 2.74. The van der Waals surface area contributed by atoms with Crippen LogP contribution < -0.4 is 4.74 Å². The summed E-state index contributed by atoms with van der Waals surface area (Å²) in [6.45, 7) is 4.63. The van der Waals surface area contributed by atoms with Gasteiger partial charge < -0.3 is 4.74 Å². The lowest BCUT2D eigenvalue weighted by molar-refractivity contribution is 0.413. The van der Waals surface area contributed by atoms with Crippen molar-refractivity contribution in [3.05, 3.63) is 65.7 Å².